The zero-order valence-electron chi connectivity index (χ0n) is 8.58. The van der Waals surface area contributed by atoms with E-state index in [4.69, 9.17) is 4.74 Å². The highest BCUT2D eigenvalue weighted by Crippen LogP contribution is 2.29. The lowest BCUT2D eigenvalue weighted by molar-refractivity contribution is 0.0951. The minimum Gasteiger partial charge on any atom is -0.492 e. The van der Waals surface area contributed by atoms with Crippen molar-refractivity contribution >= 4 is 5.91 Å². The summed E-state index contributed by atoms with van der Waals surface area (Å²) in [5, 5.41) is 2.80. The smallest absolute Gasteiger partial charge is 0.255 e. The minimum absolute atomic E-state index is 0.0719. The molecule has 1 aromatic rings. The molecule has 1 aliphatic heterocycles. The number of carbonyl (C=O) groups excluding carboxylic acids is 1. The van der Waals surface area contributed by atoms with Crippen molar-refractivity contribution in [3.8, 4) is 5.75 Å². The first-order chi connectivity index (χ1) is 7.33. The Morgan fingerprint density at radius 3 is 3.20 bits per heavy atom. The predicted octanol–water partition coefficient (Wildman–Crippen LogP) is 1.58. The van der Waals surface area contributed by atoms with Crippen molar-refractivity contribution < 1.29 is 9.53 Å². The van der Waals surface area contributed by atoms with Crippen LogP contribution in [0.3, 0.4) is 0 Å². The van der Waals surface area contributed by atoms with Crippen LogP contribution in [-0.4, -0.2) is 19.1 Å². The van der Waals surface area contributed by atoms with Crippen molar-refractivity contribution in [2.24, 2.45) is 0 Å². The van der Waals surface area contributed by atoms with Crippen LogP contribution >= 0.6 is 0 Å². The summed E-state index contributed by atoms with van der Waals surface area (Å²) < 4.78 is 5.45. The van der Waals surface area contributed by atoms with E-state index >= 15 is 0 Å². The number of ether oxygens (including phenoxy) is 1. The van der Waals surface area contributed by atoms with E-state index in [2.05, 4.69) is 12.2 Å². The molecule has 3 heteroatoms. The highest BCUT2D eigenvalue weighted by atomic mass is 16.5. The zero-order chi connectivity index (χ0) is 10.7. The summed E-state index contributed by atoms with van der Waals surface area (Å²) in [6.07, 6.45) is 1.59. The predicted molar refractivity (Wildman–Crippen MR) is 57.9 cm³/mol. The van der Waals surface area contributed by atoms with Gasteiger partial charge in [0.25, 0.3) is 5.91 Å². The molecule has 0 unspecified atom stereocenters. The van der Waals surface area contributed by atoms with E-state index in [1.807, 2.05) is 12.1 Å². The van der Waals surface area contributed by atoms with Gasteiger partial charge in [-0.2, -0.15) is 0 Å². The second-order valence-corrected chi connectivity index (χ2v) is 3.50. The van der Waals surface area contributed by atoms with E-state index in [-0.39, 0.29) is 5.91 Å². The Morgan fingerprint density at radius 1 is 1.53 bits per heavy atom. The number of rotatable bonds is 3. The fourth-order valence-corrected chi connectivity index (χ4v) is 1.69. The molecule has 0 fully saturated rings. The van der Waals surface area contributed by atoms with Crippen LogP contribution in [0.5, 0.6) is 5.75 Å². The van der Waals surface area contributed by atoms with Crippen molar-refractivity contribution in [2.45, 2.75) is 12.8 Å². The van der Waals surface area contributed by atoms with Crippen molar-refractivity contribution in [1.29, 1.82) is 0 Å². The summed E-state index contributed by atoms with van der Waals surface area (Å²) in [5.41, 5.74) is 1.76. The molecule has 15 heavy (non-hydrogen) atoms. The standard InChI is InChI=1S/C12H14NO2/c1-2-7-13-12(14)10-5-3-4-9-6-8-15-11(9)10/h3-5H,1-2,6-8H2,(H,13,14). The molecule has 0 bridgehead atoms. The van der Waals surface area contributed by atoms with E-state index in [0.717, 1.165) is 17.7 Å². The summed E-state index contributed by atoms with van der Waals surface area (Å²) in [4.78, 5) is 11.7. The Kier molecular flexibility index (Phi) is 2.90. The number of hydrogen-bond donors (Lipinski definition) is 1. The third-order valence-electron chi connectivity index (χ3n) is 2.42. The summed E-state index contributed by atoms with van der Waals surface area (Å²) in [7, 11) is 0. The van der Waals surface area contributed by atoms with Crippen LogP contribution in [0.2, 0.25) is 0 Å². The van der Waals surface area contributed by atoms with Crippen LogP contribution in [-0.2, 0) is 6.42 Å². The quantitative estimate of drug-likeness (QED) is 0.811. The Bertz CT molecular complexity index is 374. The van der Waals surface area contributed by atoms with E-state index < -0.39 is 0 Å². The minimum atomic E-state index is -0.0719. The average molecular weight is 204 g/mol. The van der Waals surface area contributed by atoms with Crippen LogP contribution < -0.4 is 10.1 Å². The van der Waals surface area contributed by atoms with E-state index in [1.54, 1.807) is 6.07 Å². The number of benzene rings is 1. The van der Waals surface area contributed by atoms with Gasteiger partial charge >= 0.3 is 0 Å². The molecule has 79 valence electrons. The molecule has 3 nitrogen and oxygen atoms in total. The SMILES string of the molecule is [CH2]CCNC(=O)c1cccc2c1OCC2. The topological polar surface area (TPSA) is 38.3 Å². The van der Waals surface area contributed by atoms with Gasteiger partial charge < -0.3 is 10.1 Å². The van der Waals surface area contributed by atoms with Gasteiger partial charge in [0.1, 0.15) is 5.75 Å². The zero-order valence-corrected chi connectivity index (χ0v) is 8.58. The Labute approximate surface area is 89.4 Å². The second kappa shape index (κ2) is 4.34. The molecular weight excluding hydrogens is 190 g/mol. The van der Waals surface area contributed by atoms with Gasteiger partial charge in [-0.15, -0.1) is 0 Å². The monoisotopic (exact) mass is 204 g/mol. The fourth-order valence-electron chi connectivity index (χ4n) is 1.69. The number of amides is 1. The first-order valence-electron chi connectivity index (χ1n) is 5.15. The molecule has 0 saturated carbocycles. The molecule has 1 aliphatic rings. The van der Waals surface area contributed by atoms with Crippen LogP contribution in [0, 0.1) is 6.92 Å². The molecule has 0 aliphatic carbocycles. The van der Waals surface area contributed by atoms with Crippen molar-refractivity contribution in [3.05, 3.63) is 36.2 Å². The summed E-state index contributed by atoms with van der Waals surface area (Å²) in [6.45, 7) is 4.95. The number of carbonyl (C=O) groups is 1. The Balaban J connectivity index is 2.21. The van der Waals surface area contributed by atoms with Gasteiger partial charge in [-0.05, 0) is 18.1 Å². The highest BCUT2D eigenvalue weighted by Gasteiger charge is 2.19. The first kappa shape index (κ1) is 10.0. The maximum absolute atomic E-state index is 11.7. The van der Waals surface area contributed by atoms with Gasteiger partial charge in [0, 0.05) is 13.0 Å². The lowest BCUT2D eigenvalue weighted by Crippen LogP contribution is -2.24. The molecule has 2 rings (SSSR count). The maximum atomic E-state index is 11.7. The molecular formula is C12H14NO2. The fraction of sp³-hybridized carbons (Fsp3) is 0.333. The van der Waals surface area contributed by atoms with Crippen LogP contribution in [0.1, 0.15) is 22.3 Å². The van der Waals surface area contributed by atoms with Gasteiger partial charge in [-0.25, -0.2) is 0 Å². The van der Waals surface area contributed by atoms with Crippen LogP contribution in [0.4, 0.5) is 0 Å². The van der Waals surface area contributed by atoms with Crippen molar-refractivity contribution in [3.63, 3.8) is 0 Å². The molecule has 0 spiro atoms. The normalized spacial score (nSPS) is 13.1. The molecule has 1 amide bonds. The van der Waals surface area contributed by atoms with Gasteiger partial charge in [0.2, 0.25) is 0 Å². The number of nitrogens with one attached hydrogen (secondary N) is 1. The van der Waals surface area contributed by atoms with Gasteiger partial charge in [-0.3, -0.25) is 4.79 Å². The third-order valence-corrected chi connectivity index (χ3v) is 2.42. The summed E-state index contributed by atoms with van der Waals surface area (Å²) in [5.74, 6) is 0.677. The van der Waals surface area contributed by atoms with Crippen molar-refractivity contribution in [2.75, 3.05) is 13.2 Å². The molecule has 0 atom stereocenters. The van der Waals surface area contributed by atoms with Crippen LogP contribution in [0.25, 0.3) is 0 Å². The van der Waals surface area contributed by atoms with Gasteiger partial charge in [-0.1, -0.05) is 19.1 Å². The molecule has 1 N–H and O–H groups in total. The molecule has 1 aromatic carbocycles. The maximum Gasteiger partial charge on any atom is 0.255 e. The molecule has 0 saturated heterocycles. The average Bonchev–Trinajstić information content (AvgIpc) is 2.73. The van der Waals surface area contributed by atoms with E-state index in [9.17, 15) is 4.79 Å². The van der Waals surface area contributed by atoms with Crippen molar-refractivity contribution in [1.82, 2.24) is 5.32 Å². The highest BCUT2D eigenvalue weighted by molar-refractivity contribution is 5.97. The van der Waals surface area contributed by atoms with E-state index in [1.165, 1.54) is 0 Å². The summed E-state index contributed by atoms with van der Waals surface area (Å²) in [6, 6.07) is 5.69. The molecule has 1 radical (unpaired) electrons. The Hall–Kier alpha value is -1.51. The number of fused-ring (bicyclic) bond motifs is 1. The lowest BCUT2D eigenvalue weighted by Gasteiger charge is -2.07. The third kappa shape index (κ3) is 1.96. The summed E-state index contributed by atoms with van der Waals surface area (Å²) >= 11 is 0. The number of hydrogen-bond acceptors (Lipinski definition) is 2. The molecule has 0 aromatic heterocycles. The first-order valence-corrected chi connectivity index (χ1v) is 5.15. The van der Waals surface area contributed by atoms with Gasteiger partial charge in [0.15, 0.2) is 0 Å². The number of para-hydroxylation sites is 1. The van der Waals surface area contributed by atoms with Gasteiger partial charge in [0.05, 0.1) is 12.2 Å². The largest absolute Gasteiger partial charge is 0.492 e. The van der Waals surface area contributed by atoms with E-state index in [0.29, 0.717) is 25.1 Å². The lowest BCUT2D eigenvalue weighted by atomic mass is 10.1. The molecule has 1 heterocycles. The van der Waals surface area contributed by atoms with Crippen LogP contribution in [0.15, 0.2) is 18.2 Å². The Morgan fingerprint density at radius 2 is 2.40 bits per heavy atom. The second-order valence-electron chi connectivity index (χ2n) is 3.50.